The van der Waals surface area contributed by atoms with Gasteiger partial charge in [-0.15, -0.1) is 0 Å². The van der Waals surface area contributed by atoms with Crippen LogP contribution in [0.25, 0.3) is 0 Å². The highest BCUT2D eigenvalue weighted by atomic mass is 16.5. The average Bonchev–Trinajstić information content (AvgIpc) is 2.90. The van der Waals surface area contributed by atoms with Gasteiger partial charge in [-0.3, -0.25) is 9.59 Å². The zero-order chi connectivity index (χ0) is 28.2. The lowest BCUT2D eigenvalue weighted by Crippen LogP contribution is -2.45. The van der Waals surface area contributed by atoms with Gasteiger partial charge < -0.3 is 35.3 Å². The maximum absolute atomic E-state index is 12.1. The molecule has 0 aliphatic rings. The summed E-state index contributed by atoms with van der Waals surface area (Å²) in [6.07, 6.45) is 3.21. The van der Waals surface area contributed by atoms with Crippen molar-refractivity contribution in [1.82, 2.24) is 0 Å². The molecule has 214 valence electrons. The van der Waals surface area contributed by atoms with E-state index < -0.39 is 23.0 Å². The second-order valence-electron chi connectivity index (χ2n) is 10.4. The molecule has 0 heterocycles. The molecule has 0 unspecified atom stereocenters. The molecular formula is C29H47N3O6. The number of benzene rings is 1. The Morgan fingerprint density at radius 3 is 2.45 bits per heavy atom. The predicted molar refractivity (Wildman–Crippen MR) is 154 cm³/mol. The second-order valence-corrected chi connectivity index (χ2v) is 10.4. The molecule has 2 aromatic carbocycles. The Hall–Kier alpha value is -2.62. The zero-order valence-corrected chi connectivity index (χ0v) is 23.9. The van der Waals surface area contributed by atoms with Gasteiger partial charge in [0.1, 0.15) is 11.4 Å². The van der Waals surface area contributed by atoms with Gasteiger partial charge in [0.25, 0.3) is 10.9 Å². The van der Waals surface area contributed by atoms with Crippen LogP contribution in [0.4, 0.5) is 11.4 Å². The maximum Gasteiger partial charge on any atom is 0.253 e. The smallest absolute Gasteiger partial charge is 0.253 e. The van der Waals surface area contributed by atoms with Crippen molar-refractivity contribution in [2.45, 2.75) is 65.0 Å². The minimum atomic E-state index is -0.870. The molecule has 0 aliphatic heterocycles. The van der Waals surface area contributed by atoms with Crippen molar-refractivity contribution in [2.75, 3.05) is 57.8 Å². The second kappa shape index (κ2) is 15.7. The summed E-state index contributed by atoms with van der Waals surface area (Å²) in [6, 6.07) is 5.46. The highest BCUT2D eigenvalue weighted by molar-refractivity contribution is 5.75. The zero-order valence-electron chi connectivity index (χ0n) is 23.9. The van der Waals surface area contributed by atoms with Crippen LogP contribution in [0.2, 0.25) is 0 Å². The molecule has 4 N–H and O–H groups in total. The first-order chi connectivity index (χ1) is 18.1. The lowest BCUT2D eigenvalue weighted by atomic mass is 9.83. The van der Waals surface area contributed by atoms with Crippen molar-refractivity contribution >= 4 is 11.4 Å². The van der Waals surface area contributed by atoms with Crippen LogP contribution >= 0.6 is 0 Å². The summed E-state index contributed by atoms with van der Waals surface area (Å²) in [4.78, 5) is 26.0. The number of aliphatic hydroxyl groups is 1. The van der Waals surface area contributed by atoms with E-state index in [-0.39, 0.29) is 18.2 Å². The summed E-state index contributed by atoms with van der Waals surface area (Å²) in [6.45, 7) is 8.33. The molecule has 3 atom stereocenters. The van der Waals surface area contributed by atoms with Gasteiger partial charge in [0.05, 0.1) is 19.8 Å². The van der Waals surface area contributed by atoms with Gasteiger partial charge in [0.2, 0.25) is 0 Å². The highest BCUT2D eigenvalue weighted by Gasteiger charge is 2.27. The number of ether oxygens (including phenoxy) is 3. The first kappa shape index (κ1) is 31.6. The molecular weight excluding hydrogens is 486 g/mol. The molecule has 2 aromatic rings. The van der Waals surface area contributed by atoms with Gasteiger partial charge >= 0.3 is 0 Å². The third kappa shape index (κ3) is 8.71. The van der Waals surface area contributed by atoms with E-state index in [2.05, 4.69) is 26.1 Å². The molecule has 38 heavy (non-hydrogen) atoms. The minimum absolute atomic E-state index is 0.105. The summed E-state index contributed by atoms with van der Waals surface area (Å²) < 4.78 is 16.5. The quantitative estimate of drug-likeness (QED) is 0.185. The van der Waals surface area contributed by atoms with Crippen LogP contribution < -0.4 is 36.3 Å². The SMILES string of the molecule is CCCCN(C)c1c(NC[C@H](O)[C@@H](N)C[C@H](Cc2ccc(OC)c(OCCCOC)c2)C(C)C)c(=O)c1=O. The van der Waals surface area contributed by atoms with Gasteiger partial charge in [-0.25, -0.2) is 0 Å². The van der Waals surface area contributed by atoms with E-state index in [1.54, 1.807) is 19.1 Å². The number of nitrogens with two attached hydrogens (primary N) is 1. The van der Waals surface area contributed by atoms with Crippen LogP contribution in [-0.2, 0) is 11.2 Å². The molecule has 2 rings (SSSR count). The Morgan fingerprint density at radius 1 is 1.08 bits per heavy atom. The number of nitrogens with one attached hydrogen (secondary N) is 1. The van der Waals surface area contributed by atoms with Gasteiger partial charge in [-0.05, 0) is 48.8 Å². The summed E-state index contributed by atoms with van der Waals surface area (Å²) in [5, 5.41) is 13.8. The Morgan fingerprint density at radius 2 is 1.82 bits per heavy atom. The van der Waals surface area contributed by atoms with Gasteiger partial charge in [-0.2, -0.15) is 0 Å². The lowest BCUT2D eigenvalue weighted by molar-refractivity contribution is 0.137. The molecule has 0 saturated heterocycles. The number of methoxy groups -OCH3 is 2. The van der Waals surface area contributed by atoms with Crippen molar-refractivity contribution in [3.8, 4) is 11.5 Å². The predicted octanol–water partition coefficient (Wildman–Crippen LogP) is 2.95. The van der Waals surface area contributed by atoms with Crippen LogP contribution in [0, 0.1) is 11.8 Å². The number of anilines is 2. The van der Waals surface area contributed by atoms with Crippen LogP contribution in [0.5, 0.6) is 11.5 Å². The van der Waals surface area contributed by atoms with Crippen molar-refractivity contribution in [2.24, 2.45) is 17.6 Å². The Labute approximate surface area is 227 Å². The number of aliphatic hydroxyl groups excluding tert-OH is 1. The Kier molecular flexibility index (Phi) is 13.1. The number of hydrogen-bond acceptors (Lipinski definition) is 9. The van der Waals surface area contributed by atoms with Crippen molar-refractivity contribution in [3.63, 3.8) is 0 Å². The lowest BCUT2D eigenvalue weighted by Gasteiger charge is -2.28. The number of nitrogens with zero attached hydrogens (tertiary/aromatic N) is 1. The van der Waals surface area contributed by atoms with E-state index in [1.807, 2.05) is 25.2 Å². The topological polar surface area (TPSA) is 123 Å². The van der Waals surface area contributed by atoms with Crippen LogP contribution in [0.3, 0.4) is 0 Å². The first-order valence-corrected chi connectivity index (χ1v) is 13.6. The number of hydrogen-bond donors (Lipinski definition) is 3. The minimum Gasteiger partial charge on any atom is -0.493 e. The van der Waals surface area contributed by atoms with E-state index >= 15 is 0 Å². The highest BCUT2D eigenvalue weighted by Crippen LogP contribution is 2.31. The molecule has 9 nitrogen and oxygen atoms in total. The van der Waals surface area contributed by atoms with Crippen molar-refractivity contribution in [1.29, 1.82) is 0 Å². The maximum atomic E-state index is 12.1. The molecule has 0 aliphatic carbocycles. The van der Waals surface area contributed by atoms with Crippen LogP contribution in [-0.4, -0.2) is 64.8 Å². The molecule has 0 saturated carbocycles. The van der Waals surface area contributed by atoms with Crippen molar-refractivity contribution in [3.05, 3.63) is 44.2 Å². The standard InChI is InChI=1S/C29H47N3O6/c1-7-8-12-32(4)27-26(28(34)29(27)35)31-18-23(33)22(30)17-21(19(2)3)15-20-10-11-24(37-6)25(16-20)38-14-9-13-36-5/h10-11,16,19,21-23,31,33H,7-9,12-15,17-18,30H2,1-6H3/t21-,22-,23-/m0/s1. The molecule has 0 spiro atoms. The third-order valence-corrected chi connectivity index (χ3v) is 7.09. The van der Waals surface area contributed by atoms with Gasteiger partial charge in [0.15, 0.2) is 11.5 Å². The molecule has 0 aromatic heterocycles. The van der Waals surface area contributed by atoms with Crippen LogP contribution in [0.1, 0.15) is 52.0 Å². The Bertz CT molecular complexity index is 1050. The van der Waals surface area contributed by atoms with E-state index in [9.17, 15) is 14.7 Å². The van der Waals surface area contributed by atoms with Crippen LogP contribution in [0.15, 0.2) is 27.8 Å². The first-order valence-electron chi connectivity index (χ1n) is 13.6. The molecule has 0 radical (unpaired) electrons. The largest absolute Gasteiger partial charge is 0.493 e. The van der Waals surface area contributed by atoms with E-state index in [0.717, 1.165) is 31.2 Å². The third-order valence-electron chi connectivity index (χ3n) is 7.09. The van der Waals surface area contributed by atoms with Gasteiger partial charge in [-0.1, -0.05) is 33.3 Å². The fourth-order valence-corrected chi connectivity index (χ4v) is 4.52. The van der Waals surface area contributed by atoms with E-state index in [1.165, 1.54) is 0 Å². The van der Waals surface area contributed by atoms with Crippen molar-refractivity contribution < 1.29 is 19.3 Å². The summed E-state index contributed by atoms with van der Waals surface area (Å²) >= 11 is 0. The molecule has 9 heteroatoms. The molecule has 0 bridgehead atoms. The normalized spacial score (nSPS) is 13.9. The average molecular weight is 534 g/mol. The number of unbranched alkanes of at least 4 members (excludes halogenated alkanes) is 1. The number of rotatable bonds is 19. The Balaban J connectivity index is 2.00. The van der Waals surface area contributed by atoms with Gasteiger partial charge in [0, 0.05) is 46.3 Å². The van der Waals surface area contributed by atoms with E-state index in [0.29, 0.717) is 49.3 Å². The summed E-state index contributed by atoms with van der Waals surface area (Å²) in [5.41, 5.74) is 7.18. The van der Waals surface area contributed by atoms with E-state index in [4.69, 9.17) is 19.9 Å². The monoisotopic (exact) mass is 533 g/mol. The fourth-order valence-electron chi connectivity index (χ4n) is 4.52. The molecule has 0 amide bonds. The molecule has 0 fully saturated rings. The summed E-state index contributed by atoms with van der Waals surface area (Å²) in [7, 11) is 5.10. The fraction of sp³-hybridized carbons (Fsp3) is 0.655. The summed E-state index contributed by atoms with van der Waals surface area (Å²) in [5.74, 6) is 1.94.